The van der Waals surface area contributed by atoms with Gasteiger partial charge in [-0.15, -0.1) is 0 Å². The number of piperidine rings is 2. The smallest absolute Gasteiger partial charge is 0.241 e. The summed E-state index contributed by atoms with van der Waals surface area (Å²) in [5.74, 6) is 0.457. The predicted octanol–water partition coefficient (Wildman–Crippen LogP) is 4.87. The molecule has 0 unspecified atom stereocenters. The molecule has 2 aliphatic rings. The summed E-state index contributed by atoms with van der Waals surface area (Å²) in [6, 6.07) is 14.4. The molecule has 0 aliphatic carbocycles. The molecule has 2 fully saturated rings. The van der Waals surface area contributed by atoms with Gasteiger partial charge in [0.15, 0.2) is 0 Å². The van der Waals surface area contributed by atoms with E-state index in [1.807, 2.05) is 13.0 Å². The molecule has 2 aromatic carbocycles. The first-order chi connectivity index (χ1) is 16.6. The zero-order chi connectivity index (χ0) is 23.7. The number of likely N-dealkylation sites (tertiary alicyclic amines) is 2. The minimum atomic E-state index is -0.223. The second kappa shape index (κ2) is 9.79. The summed E-state index contributed by atoms with van der Waals surface area (Å²) in [6.45, 7) is 8.46. The molecule has 2 amide bonds. The van der Waals surface area contributed by atoms with E-state index in [1.165, 1.54) is 28.2 Å². The predicted molar refractivity (Wildman–Crippen MR) is 138 cm³/mol. The summed E-state index contributed by atoms with van der Waals surface area (Å²) >= 11 is 0. The van der Waals surface area contributed by atoms with Gasteiger partial charge in [-0.3, -0.25) is 14.5 Å². The number of aryl methyl sites for hydroxylation is 1. The molecule has 0 radical (unpaired) electrons. The lowest BCUT2D eigenvalue weighted by molar-refractivity contribution is -0.138. The van der Waals surface area contributed by atoms with Crippen LogP contribution in [0.3, 0.4) is 0 Å². The van der Waals surface area contributed by atoms with E-state index in [4.69, 9.17) is 0 Å². The molecule has 6 nitrogen and oxygen atoms in total. The number of para-hydroxylation sites is 1. The average molecular weight is 461 g/mol. The minimum Gasteiger partial charge on any atom is -0.342 e. The van der Waals surface area contributed by atoms with Crippen molar-refractivity contribution in [3.63, 3.8) is 0 Å². The zero-order valence-electron chi connectivity index (χ0n) is 20.4. The quantitative estimate of drug-likeness (QED) is 0.591. The lowest BCUT2D eigenvalue weighted by Gasteiger charge is -2.37. The standard InChI is InChI=1S/C28H36N4O2/c1-3-32-25-10-6-5-9-23(25)24-19-22(11-12-26(24)32)29-27(33)20(2)30-17-13-21(14-18-30)28(34)31-15-7-4-8-16-31/h5-6,9-12,19-21H,3-4,7-8,13-18H2,1-2H3,(H,29,33)/t20-/m1/s1. The van der Waals surface area contributed by atoms with Gasteiger partial charge in [-0.25, -0.2) is 0 Å². The Hall–Kier alpha value is -2.86. The van der Waals surface area contributed by atoms with E-state index in [1.54, 1.807) is 0 Å². The Bertz CT molecular complexity index is 1190. The van der Waals surface area contributed by atoms with Crippen LogP contribution in [0.1, 0.15) is 46.0 Å². The number of anilines is 1. The van der Waals surface area contributed by atoms with E-state index in [0.29, 0.717) is 5.91 Å². The largest absolute Gasteiger partial charge is 0.342 e. The summed E-state index contributed by atoms with van der Waals surface area (Å²) in [6.07, 6.45) is 5.19. The number of fused-ring (bicyclic) bond motifs is 3. The van der Waals surface area contributed by atoms with Crippen molar-refractivity contribution in [3.05, 3.63) is 42.5 Å². The second-order valence-corrected chi connectivity index (χ2v) is 9.85. The molecule has 180 valence electrons. The number of hydrogen-bond acceptors (Lipinski definition) is 3. The van der Waals surface area contributed by atoms with Crippen LogP contribution in [0, 0.1) is 5.92 Å². The first-order valence-electron chi connectivity index (χ1n) is 12.9. The number of aromatic nitrogens is 1. The number of carbonyl (C=O) groups is 2. The van der Waals surface area contributed by atoms with Crippen molar-refractivity contribution in [3.8, 4) is 0 Å². The van der Waals surface area contributed by atoms with Crippen molar-refractivity contribution in [2.45, 2.75) is 58.5 Å². The highest BCUT2D eigenvalue weighted by Crippen LogP contribution is 2.31. The molecule has 3 aromatic rings. The van der Waals surface area contributed by atoms with Crippen LogP contribution in [0.4, 0.5) is 5.69 Å². The second-order valence-electron chi connectivity index (χ2n) is 9.85. The molecule has 2 aliphatic heterocycles. The first kappa shape index (κ1) is 22.9. The van der Waals surface area contributed by atoms with Gasteiger partial charge in [0.05, 0.1) is 6.04 Å². The van der Waals surface area contributed by atoms with Crippen molar-refractivity contribution in [1.82, 2.24) is 14.4 Å². The fraction of sp³-hybridized carbons (Fsp3) is 0.500. The molecule has 1 N–H and O–H groups in total. The van der Waals surface area contributed by atoms with Crippen molar-refractivity contribution < 1.29 is 9.59 Å². The zero-order valence-corrected chi connectivity index (χ0v) is 20.4. The van der Waals surface area contributed by atoms with Crippen molar-refractivity contribution in [2.24, 2.45) is 5.92 Å². The van der Waals surface area contributed by atoms with E-state index in [-0.39, 0.29) is 17.9 Å². The lowest BCUT2D eigenvalue weighted by atomic mass is 9.93. The molecule has 6 heteroatoms. The maximum atomic E-state index is 13.1. The molecule has 34 heavy (non-hydrogen) atoms. The maximum Gasteiger partial charge on any atom is 0.241 e. The Kier molecular flexibility index (Phi) is 6.59. The molecular formula is C28H36N4O2. The Morgan fingerprint density at radius 1 is 0.941 bits per heavy atom. The van der Waals surface area contributed by atoms with Gasteiger partial charge in [0.1, 0.15) is 0 Å². The van der Waals surface area contributed by atoms with Gasteiger partial charge >= 0.3 is 0 Å². The average Bonchev–Trinajstić information content (AvgIpc) is 3.21. The molecule has 5 rings (SSSR count). The monoisotopic (exact) mass is 460 g/mol. The van der Waals surface area contributed by atoms with Gasteiger partial charge in [-0.2, -0.15) is 0 Å². The summed E-state index contributed by atoms with van der Waals surface area (Å²) in [5.41, 5.74) is 3.24. The topological polar surface area (TPSA) is 57.6 Å². The van der Waals surface area contributed by atoms with Gasteiger partial charge in [-0.05, 0) is 83.3 Å². The highest BCUT2D eigenvalue weighted by Gasteiger charge is 2.32. The molecule has 2 saturated heterocycles. The molecule has 0 saturated carbocycles. The number of hydrogen-bond donors (Lipinski definition) is 1. The van der Waals surface area contributed by atoms with Crippen LogP contribution in [0.2, 0.25) is 0 Å². The Morgan fingerprint density at radius 3 is 2.38 bits per heavy atom. The van der Waals surface area contributed by atoms with Crippen molar-refractivity contribution in [1.29, 1.82) is 0 Å². The number of amides is 2. The minimum absolute atomic E-state index is 0.0133. The third kappa shape index (κ3) is 4.31. The van der Waals surface area contributed by atoms with Crippen LogP contribution in [0.5, 0.6) is 0 Å². The number of carbonyl (C=O) groups excluding carboxylic acids is 2. The third-order valence-electron chi connectivity index (χ3n) is 7.83. The Balaban J connectivity index is 1.23. The van der Waals surface area contributed by atoms with Crippen LogP contribution < -0.4 is 5.32 Å². The van der Waals surface area contributed by atoms with E-state index < -0.39 is 0 Å². The summed E-state index contributed by atoms with van der Waals surface area (Å²) in [5, 5.41) is 5.52. The van der Waals surface area contributed by atoms with Crippen LogP contribution in [0.25, 0.3) is 21.8 Å². The fourth-order valence-electron chi connectivity index (χ4n) is 5.79. The van der Waals surface area contributed by atoms with Gasteiger partial charge < -0.3 is 14.8 Å². The number of nitrogens with zero attached hydrogens (tertiary/aromatic N) is 3. The molecular weight excluding hydrogens is 424 g/mol. The summed E-state index contributed by atoms with van der Waals surface area (Å²) in [7, 11) is 0. The molecule has 0 spiro atoms. The van der Waals surface area contributed by atoms with E-state index in [0.717, 1.165) is 64.1 Å². The maximum absolute atomic E-state index is 13.1. The highest BCUT2D eigenvalue weighted by atomic mass is 16.2. The molecule has 0 bridgehead atoms. The van der Waals surface area contributed by atoms with Crippen LogP contribution in [0.15, 0.2) is 42.5 Å². The molecule has 1 atom stereocenters. The lowest BCUT2D eigenvalue weighted by Crippen LogP contribution is -2.49. The Morgan fingerprint density at radius 2 is 1.65 bits per heavy atom. The van der Waals surface area contributed by atoms with Gasteiger partial charge in [-0.1, -0.05) is 18.2 Å². The van der Waals surface area contributed by atoms with Crippen LogP contribution >= 0.6 is 0 Å². The van der Waals surface area contributed by atoms with Gasteiger partial charge in [0.2, 0.25) is 11.8 Å². The normalized spacial score (nSPS) is 18.9. The number of rotatable bonds is 5. The summed E-state index contributed by atoms with van der Waals surface area (Å²) in [4.78, 5) is 30.2. The molecule has 1 aromatic heterocycles. The first-order valence-corrected chi connectivity index (χ1v) is 12.9. The molecule has 3 heterocycles. The fourth-order valence-corrected chi connectivity index (χ4v) is 5.79. The van der Waals surface area contributed by atoms with Gasteiger partial charge in [0, 0.05) is 53.0 Å². The van der Waals surface area contributed by atoms with Gasteiger partial charge in [0.25, 0.3) is 0 Å². The Labute approximate surface area is 201 Å². The SMILES string of the molecule is CCn1c2ccccc2c2cc(NC(=O)[C@@H](C)N3CCC(C(=O)N4CCCCC4)CC3)ccc21. The number of nitrogens with one attached hydrogen (secondary N) is 1. The van der Waals surface area contributed by atoms with Crippen molar-refractivity contribution >= 4 is 39.3 Å². The number of benzene rings is 2. The van der Waals surface area contributed by atoms with Crippen LogP contribution in [-0.2, 0) is 16.1 Å². The van der Waals surface area contributed by atoms with Crippen LogP contribution in [-0.4, -0.2) is 58.4 Å². The van der Waals surface area contributed by atoms with E-state index >= 15 is 0 Å². The third-order valence-corrected chi connectivity index (χ3v) is 7.83. The van der Waals surface area contributed by atoms with E-state index in [2.05, 4.69) is 63.0 Å². The van der Waals surface area contributed by atoms with E-state index in [9.17, 15) is 9.59 Å². The summed E-state index contributed by atoms with van der Waals surface area (Å²) < 4.78 is 2.31. The highest BCUT2D eigenvalue weighted by molar-refractivity contribution is 6.10. The van der Waals surface area contributed by atoms with Crippen molar-refractivity contribution in [2.75, 3.05) is 31.5 Å².